The van der Waals surface area contributed by atoms with Crippen molar-refractivity contribution in [3.8, 4) is 11.3 Å². The molecule has 4 aromatic rings. The topological polar surface area (TPSA) is 76.3 Å². The number of nitrogens with one attached hydrogen (secondary N) is 1. The quantitative estimate of drug-likeness (QED) is 0.414. The van der Waals surface area contributed by atoms with Crippen molar-refractivity contribution in [1.29, 1.82) is 0 Å². The van der Waals surface area contributed by atoms with Crippen LogP contribution in [0.5, 0.6) is 0 Å². The molecule has 6 nitrogen and oxygen atoms in total. The lowest BCUT2D eigenvalue weighted by Crippen LogP contribution is -2.36. The van der Waals surface area contributed by atoms with E-state index < -0.39 is 0 Å². The van der Waals surface area contributed by atoms with E-state index in [9.17, 15) is 0 Å². The Kier molecular flexibility index (Phi) is 5.68. The Labute approximate surface area is 192 Å². The summed E-state index contributed by atoms with van der Waals surface area (Å²) in [6, 6.07) is 17.0. The molecule has 0 unspecified atom stereocenters. The van der Waals surface area contributed by atoms with E-state index in [-0.39, 0.29) is 0 Å². The number of thiophene rings is 1. The zero-order valence-corrected chi connectivity index (χ0v) is 19.2. The largest absolute Gasteiger partial charge is 0.396 e. The Balaban J connectivity index is 1.46. The molecule has 1 saturated heterocycles. The van der Waals surface area contributed by atoms with Crippen molar-refractivity contribution in [2.24, 2.45) is 0 Å². The minimum absolute atomic E-state index is 0.490. The Morgan fingerprint density at radius 2 is 1.72 bits per heavy atom. The molecule has 2 aromatic heterocycles. The monoisotopic (exact) mass is 445 g/mol. The number of morpholine rings is 1. The van der Waals surface area contributed by atoms with Crippen LogP contribution in [0.1, 0.15) is 25.3 Å². The van der Waals surface area contributed by atoms with Gasteiger partial charge in [0.25, 0.3) is 0 Å². The molecule has 1 aliphatic heterocycles. The fourth-order valence-corrected chi connectivity index (χ4v) is 4.83. The van der Waals surface area contributed by atoms with Gasteiger partial charge < -0.3 is 20.7 Å². The predicted octanol–water partition coefficient (Wildman–Crippen LogP) is 5.64. The molecule has 7 heteroatoms. The molecule has 0 saturated carbocycles. The Morgan fingerprint density at radius 1 is 1.00 bits per heavy atom. The molecule has 32 heavy (non-hydrogen) atoms. The van der Waals surface area contributed by atoms with Gasteiger partial charge in [0, 0.05) is 35.4 Å². The van der Waals surface area contributed by atoms with Crippen LogP contribution in [0.4, 0.5) is 23.0 Å². The van der Waals surface area contributed by atoms with Crippen LogP contribution in [0.15, 0.2) is 53.9 Å². The number of hydrogen-bond donors (Lipinski definition) is 2. The summed E-state index contributed by atoms with van der Waals surface area (Å²) in [6.07, 6.45) is 0. The molecule has 3 N–H and O–H groups in total. The molecule has 0 atom stereocenters. The average molecular weight is 446 g/mol. The molecule has 0 amide bonds. The summed E-state index contributed by atoms with van der Waals surface area (Å²) >= 11 is 1.59. The van der Waals surface area contributed by atoms with Crippen molar-refractivity contribution in [1.82, 2.24) is 9.97 Å². The molecule has 2 aromatic carbocycles. The van der Waals surface area contributed by atoms with Crippen LogP contribution in [0.3, 0.4) is 0 Å². The van der Waals surface area contributed by atoms with Gasteiger partial charge in [0.1, 0.15) is 5.52 Å². The first-order valence-corrected chi connectivity index (χ1v) is 11.8. The van der Waals surface area contributed by atoms with Crippen LogP contribution >= 0.6 is 11.3 Å². The van der Waals surface area contributed by atoms with Gasteiger partial charge in [0.2, 0.25) is 5.95 Å². The molecular formula is C25H27N5OS. The molecule has 0 aliphatic carbocycles. The third kappa shape index (κ3) is 4.13. The number of fused-ring (bicyclic) bond motifs is 1. The maximum atomic E-state index is 6.23. The van der Waals surface area contributed by atoms with Gasteiger partial charge in [-0.1, -0.05) is 38.1 Å². The summed E-state index contributed by atoms with van der Waals surface area (Å²) in [6.45, 7) is 7.79. The molecule has 5 rings (SSSR count). The summed E-state index contributed by atoms with van der Waals surface area (Å²) in [4.78, 5) is 11.9. The maximum Gasteiger partial charge on any atom is 0.228 e. The molecule has 1 fully saturated rings. The van der Waals surface area contributed by atoms with Crippen molar-refractivity contribution in [2.75, 3.05) is 42.3 Å². The third-order valence-corrected chi connectivity index (χ3v) is 6.79. The van der Waals surface area contributed by atoms with Crippen LogP contribution in [0.25, 0.3) is 21.5 Å². The second-order valence-electron chi connectivity index (χ2n) is 8.31. The highest BCUT2D eigenvalue weighted by atomic mass is 32.1. The van der Waals surface area contributed by atoms with Crippen LogP contribution in [-0.2, 0) is 4.74 Å². The van der Waals surface area contributed by atoms with Gasteiger partial charge in [-0.15, -0.1) is 11.3 Å². The molecule has 0 radical (unpaired) electrons. The lowest BCUT2D eigenvalue weighted by Gasteiger charge is -2.28. The van der Waals surface area contributed by atoms with Gasteiger partial charge in [0.05, 0.1) is 29.3 Å². The van der Waals surface area contributed by atoms with E-state index >= 15 is 0 Å². The van der Waals surface area contributed by atoms with E-state index in [2.05, 4.69) is 72.6 Å². The zero-order valence-electron chi connectivity index (χ0n) is 18.3. The van der Waals surface area contributed by atoms with E-state index in [1.54, 1.807) is 11.3 Å². The van der Waals surface area contributed by atoms with Crippen molar-refractivity contribution in [3.63, 3.8) is 0 Å². The molecule has 164 valence electrons. The first-order valence-electron chi connectivity index (χ1n) is 10.9. The number of nitrogen functional groups attached to an aromatic ring is 1. The summed E-state index contributed by atoms with van der Waals surface area (Å²) in [7, 11) is 0. The van der Waals surface area contributed by atoms with Gasteiger partial charge in [-0.2, -0.15) is 0 Å². The van der Waals surface area contributed by atoms with E-state index in [1.165, 1.54) is 11.3 Å². The Morgan fingerprint density at radius 3 is 2.41 bits per heavy atom. The zero-order chi connectivity index (χ0) is 22.1. The number of anilines is 4. The molecule has 0 bridgehead atoms. The minimum Gasteiger partial charge on any atom is -0.396 e. The highest BCUT2D eigenvalue weighted by Crippen LogP contribution is 2.36. The number of nitrogens with zero attached hydrogens (tertiary/aromatic N) is 3. The highest BCUT2D eigenvalue weighted by Gasteiger charge is 2.15. The molecule has 0 spiro atoms. The number of rotatable bonds is 5. The van der Waals surface area contributed by atoms with E-state index in [4.69, 9.17) is 20.4 Å². The molecular weight excluding hydrogens is 418 g/mol. The standard InChI is InChI=1S/C25H27N5OS/c1-16(2)17-3-5-18(6-4-17)22-24-23(21(26)15-32-24)29-25(28-22)27-19-7-9-20(10-8-19)30-11-13-31-14-12-30/h3-10,15-16H,11-14,26H2,1-2H3,(H,27,28,29). The van der Waals surface area contributed by atoms with E-state index in [1.807, 2.05) is 5.38 Å². The Hall–Kier alpha value is -3.16. The minimum atomic E-state index is 0.490. The summed E-state index contributed by atoms with van der Waals surface area (Å²) in [5.41, 5.74) is 13.1. The van der Waals surface area contributed by atoms with Crippen molar-refractivity contribution in [2.45, 2.75) is 19.8 Å². The van der Waals surface area contributed by atoms with Crippen molar-refractivity contribution in [3.05, 3.63) is 59.5 Å². The predicted molar refractivity (Wildman–Crippen MR) is 134 cm³/mol. The van der Waals surface area contributed by atoms with Gasteiger partial charge in [-0.05, 0) is 35.7 Å². The van der Waals surface area contributed by atoms with Crippen molar-refractivity contribution < 1.29 is 4.74 Å². The van der Waals surface area contributed by atoms with Gasteiger partial charge in [0.15, 0.2) is 0 Å². The second-order valence-corrected chi connectivity index (χ2v) is 9.19. The Bertz CT molecular complexity index is 1210. The van der Waals surface area contributed by atoms with Crippen LogP contribution in [-0.4, -0.2) is 36.3 Å². The van der Waals surface area contributed by atoms with E-state index in [0.29, 0.717) is 17.6 Å². The normalized spacial score (nSPS) is 14.3. The highest BCUT2D eigenvalue weighted by molar-refractivity contribution is 7.18. The first kappa shape index (κ1) is 20.7. The molecule has 1 aliphatic rings. The fraction of sp³-hybridized carbons (Fsp3) is 0.280. The van der Waals surface area contributed by atoms with Gasteiger partial charge >= 0.3 is 0 Å². The number of ether oxygens (including phenoxy) is 1. The fourth-order valence-electron chi connectivity index (χ4n) is 3.92. The third-order valence-electron chi connectivity index (χ3n) is 5.79. The summed E-state index contributed by atoms with van der Waals surface area (Å²) in [5, 5.41) is 5.30. The lowest BCUT2D eigenvalue weighted by atomic mass is 10.0. The smallest absolute Gasteiger partial charge is 0.228 e. The number of benzene rings is 2. The van der Waals surface area contributed by atoms with Crippen molar-refractivity contribution >= 4 is 44.6 Å². The average Bonchev–Trinajstić information content (AvgIpc) is 3.20. The number of nitrogens with two attached hydrogens (primary N) is 1. The summed E-state index contributed by atoms with van der Waals surface area (Å²) in [5.74, 6) is 1.04. The van der Waals surface area contributed by atoms with Gasteiger partial charge in [-0.3, -0.25) is 0 Å². The SMILES string of the molecule is CC(C)c1ccc(-c2nc(Nc3ccc(N4CCOCC4)cc3)nc3c(N)csc23)cc1. The summed E-state index contributed by atoms with van der Waals surface area (Å²) < 4.78 is 6.46. The number of hydrogen-bond acceptors (Lipinski definition) is 7. The molecule has 3 heterocycles. The van der Waals surface area contributed by atoms with Crippen LogP contribution < -0.4 is 16.0 Å². The van der Waals surface area contributed by atoms with Crippen LogP contribution in [0, 0.1) is 0 Å². The van der Waals surface area contributed by atoms with Crippen LogP contribution in [0.2, 0.25) is 0 Å². The number of aromatic nitrogens is 2. The van der Waals surface area contributed by atoms with E-state index in [0.717, 1.165) is 53.5 Å². The lowest BCUT2D eigenvalue weighted by molar-refractivity contribution is 0.122. The first-order chi connectivity index (χ1) is 15.6. The maximum absolute atomic E-state index is 6.23. The van der Waals surface area contributed by atoms with Gasteiger partial charge in [-0.25, -0.2) is 9.97 Å². The second kappa shape index (κ2) is 8.76.